The molecule has 11 heteroatoms. The standard InChI is InChI=1S/C20H18N8O.CH2O2/c1-2-18(29)25-15-3-4-17-14(7-15)11-24-27-19(17)28-6-5-16(12-28)26-20-22-9-13(8-21)10-23-20;2-1-3/h2-4,7,9-11,16H,1,5-6,12H2,(H,25,29)(H,22,23,26);1H,(H,2,3). The van der Waals surface area contributed by atoms with Gasteiger partial charge in [0.05, 0.1) is 24.2 Å². The molecule has 2 aromatic heterocycles. The number of nitriles is 1. The first-order valence-corrected chi connectivity index (χ1v) is 9.58. The SMILES string of the molecule is C=CC(=O)Nc1ccc2c(N3CCC(Nc4ncc(C#N)cn4)C3)nncc2c1.O=CO. The number of carboxylic acid groups (broad SMARTS) is 1. The van der Waals surface area contributed by atoms with Crippen molar-refractivity contribution in [3.8, 4) is 6.07 Å². The van der Waals surface area contributed by atoms with Crippen molar-refractivity contribution in [2.24, 2.45) is 0 Å². The second-order valence-corrected chi connectivity index (χ2v) is 6.75. The van der Waals surface area contributed by atoms with Crippen molar-refractivity contribution in [2.75, 3.05) is 28.6 Å². The lowest BCUT2D eigenvalue weighted by molar-refractivity contribution is -0.122. The van der Waals surface area contributed by atoms with Crippen molar-refractivity contribution in [3.05, 3.63) is 55.0 Å². The zero-order chi connectivity index (χ0) is 22.9. The number of benzene rings is 1. The van der Waals surface area contributed by atoms with E-state index in [1.54, 1.807) is 6.20 Å². The fourth-order valence-electron chi connectivity index (χ4n) is 3.29. The maximum absolute atomic E-state index is 11.5. The fourth-order valence-corrected chi connectivity index (χ4v) is 3.29. The second kappa shape index (κ2) is 10.4. The second-order valence-electron chi connectivity index (χ2n) is 6.75. The first kappa shape index (κ1) is 22.1. The van der Waals surface area contributed by atoms with Crippen LogP contribution in [0.3, 0.4) is 0 Å². The fraction of sp³-hybridized carbons (Fsp3) is 0.190. The Morgan fingerprint density at radius 3 is 2.75 bits per heavy atom. The topological polar surface area (TPSA) is 157 Å². The van der Waals surface area contributed by atoms with Crippen LogP contribution in [-0.4, -0.2) is 56.8 Å². The lowest BCUT2D eigenvalue weighted by Gasteiger charge is -2.19. The normalized spacial score (nSPS) is 14.6. The molecule has 3 aromatic rings. The molecule has 1 unspecified atom stereocenters. The number of rotatable bonds is 5. The van der Waals surface area contributed by atoms with E-state index in [4.69, 9.17) is 15.2 Å². The minimum absolute atomic E-state index is 0.158. The van der Waals surface area contributed by atoms with Crippen LogP contribution in [0.15, 0.2) is 49.4 Å². The molecule has 1 aliphatic heterocycles. The minimum Gasteiger partial charge on any atom is -0.483 e. The zero-order valence-corrected chi connectivity index (χ0v) is 17.0. The summed E-state index contributed by atoms with van der Waals surface area (Å²) in [4.78, 5) is 30.4. The average Bonchev–Trinajstić information content (AvgIpc) is 3.27. The Hall–Kier alpha value is -4.59. The third-order valence-electron chi connectivity index (χ3n) is 4.70. The van der Waals surface area contributed by atoms with Gasteiger partial charge in [-0.05, 0) is 30.7 Å². The van der Waals surface area contributed by atoms with Gasteiger partial charge in [-0.1, -0.05) is 6.58 Å². The molecule has 3 heterocycles. The van der Waals surface area contributed by atoms with Crippen molar-refractivity contribution < 1.29 is 14.7 Å². The van der Waals surface area contributed by atoms with Gasteiger partial charge in [0.15, 0.2) is 5.82 Å². The highest BCUT2D eigenvalue weighted by Gasteiger charge is 2.25. The van der Waals surface area contributed by atoms with Crippen molar-refractivity contribution in [1.29, 1.82) is 5.26 Å². The van der Waals surface area contributed by atoms with E-state index in [-0.39, 0.29) is 18.4 Å². The first-order valence-electron chi connectivity index (χ1n) is 9.58. The van der Waals surface area contributed by atoms with Crippen LogP contribution in [0.2, 0.25) is 0 Å². The molecule has 0 aliphatic carbocycles. The van der Waals surface area contributed by atoms with E-state index in [1.807, 2.05) is 24.3 Å². The van der Waals surface area contributed by atoms with E-state index in [9.17, 15) is 4.79 Å². The molecule has 32 heavy (non-hydrogen) atoms. The molecule has 1 aromatic carbocycles. The maximum atomic E-state index is 11.5. The number of nitrogens with zero attached hydrogens (tertiary/aromatic N) is 6. The van der Waals surface area contributed by atoms with E-state index in [0.717, 1.165) is 36.1 Å². The van der Waals surface area contributed by atoms with Crippen molar-refractivity contribution in [3.63, 3.8) is 0 Å². The predicted molar refractivity (Wildman–Crippen MR) is 118 cm³/mol. The Balaban J connectivity index is 0.000000913. The van der Waals surface area contributed by atoms with Gasteiger partial charge in [-0.2, -0.15) is 10.4 Å². The van der Waals surface area contributed by atoms with Gasteiger partial charge in [0.25, 0.3) is 6.47 Å². The predicted octanol–water partition coefficient (Wildman–Crippen LogP) is 1.81. The smallest absolute Gasteiger partial charge is 0.290 e. The number of hydrogen-bond donors (Lipinski definition) is 3. The van der Waals surface area contributed by atoms with Crippen LogP contribution in [0.25, 0.3) is 10.8 Å². The quantitative estimate of drug-likeness (QED) is 0.401. The lowest BCUT2D eigenvalue weighted by Crippen LogP contribution is -2.27. The highest BCUT2D eigenvalue weighted by molar-refractivity contribution is 6.01. The van der Waals surface area contributed by atoms with Crippen molar-refractivity contribution >= 4 is 40.6 Å². The molecule has 0 saturated carbocycles. The van der Waals surface area contributed by atoms with Crippen molar-refractivity contribution in [2.45, 2.75) is 12.5 Å². The average molecular weight is 432 g/mol. The van der Waals surface area contributed by atoms with Gasteiger partial charge >= 0.3 is 0 Å². The number of nitrogens with one attached hydrogen (secondary N) is 2. The third-order valence-corrected chi connectivity index (χ3v) is 4.70. The Bertz CT molecular complexity index is 1160. The molecular formula is C21H20N8O3. The Morgan fingerprint density at radius 1 is 1.31 bits per heavy atom. The molecule has 1 aliphatic rings. The van der Waals surface area contributed by atoms with Gasteiger partial charge in [-0.15, -0.1) is 5.10 Å². The first-order chi connectivity index (χ1) is 15.6. The summed E-state index contributed by atoms with van der Waals surface area (Å²) in [7, 11) is 0. The number of anilines is 3. The van der Waals surface area contributed by atoms with Gasteiger partial charge < -0.3 is 20.6 Å². The van der Waals surface area contributed by atoms with Gasteiger partial charge in [0.1, 0.15) is 6.07 Å². The monoisotopic (exact) mass is 432 g/mol. The van der Waals surface area contributed by atoms with E-state index >= 15 is 0 Å². The maximum Gasteiger partial charge on any atom is 0.290 e. The Kier molecular flexibility index (Phi) is 7.21. The third kappa shape index (κ3) is 5.31. The summed E-state index contributed by atoms with van der Waals surface area (Å²) in [5.74, 6) is 1.04. The molecule has 1 fully saturated rings. The number of aromatic nitrogens is 4. The van der Waals surface area contributed by atoms with Crippen LogP contribution in [0.5, 0.6) is 0 Å². The Labute approximate surface area is 183 Å². The van der Waals surface area contributed by atoms with Crippen molar-refractivity contribution in [1.82, 2.24) is 20.2 Å². The summed E-state index contributed by atoms with van der Waals surface area (Å²) in [5, 5.41) is 32.1. The van der Waals surface area contributed by atoms with Crippen LogP contribution in [0, 0.1) is 11.3 Å². The summed E-state index contributed by atoms with van der Waals surface area (Å²) in [6.45, 7) is 4.76. The molecule has 4 rings (SSSR count). The molecular weight excluding hydrogens is 412 g/mol. The molecule has 1 amide bonds. The highest BCUT2D eigenvalue weighted by Crippen LogP contribution is 2.29. The number of carbonyl (C=O) groups is 2. The molecule has 0 spiro atoms. The summed E-state index contributed by atoms with van der Waals surface area (Å²) in [5.41, 5.74) is 1.11. The molecule has 162 valence electrons. The van der Waals surface area contributed by atoms with Crippen LogP contribution < -0.4 is 15.5 Å². The van der Waals surface area contributed by atoms with E-state index < -0.39 is 0 Å². The van der Waals surface area contributed by atoms with Crippen LogP contribution in [-0.2, 0) is 9.59 Å². The van der Waals surface area contributed by atoms with Crippen LogP contribution >= 0.6 is 0 Å². The largest absolute Gasteiger partial charge is 0.483 e. The summed E-state index contributed by atoms with van der Waals surface area (Å²) >= 11 is 0. The van der Waals surface area contributed by atoms with E-state index in [2.05, 4.69) is 42.3 Å². The van der Waals surface area contributed by atoms with Crippen LogP contribution in [0.1, 0.15) is 12.0 Å². The Morgan fingerprint density at radius 2 is 2.06 bits per heavy atom. The summed E-state index contributed by atoms with van der Waals surface area (Å²) < 4.78 is 0. The molecule has 1 saturated heterocycles. The molecule has 0 radical (unpaired) electrons. The van der Waals surface area contributed by atoms with Gasteiger partial charge in [0.2, 0.25) is 11.9 Å². The van der Waals surface area contributed by atoms with E-state index in [1.165, 1.54) is 18.5 Å². The summed E-state index contributed by atoms with van der Waals surface area (Å²) in [6.07, 6.45) is 6.81. The highest BCUT2D eigenvalue weighted by atomic mass is 16.3. The lowest BCUT2D eigenvalue weighted by atomic mass is 10.1. The van der Waals surface area contributed by atoms with Crippen LogP contribution in [0.4, 0.5) is 17.5 Å². The number of carbonyl (C=O) groups excluding carboxylic acids is 1. The van der Waals surface area contributed by atoms with E-state index in [0.29, 0.717) is 17.2 Å². The molecule has 11 nitrogen and oxygen atoms in total. The van der Waals surface area contributed by atoms with Gasteiger partial charge in [-0.25, -0.2) is 9.97 Å². The zero-order valence-electron chi connectivity index (χ0n) is 17.0. The molecule has 1 atom stereocenters. The number of amides is 1. The summed E-state index contributed by atoms with van der Waals surface area (Å²) in [6, 6.07) is 7.80. The van der Waals surface area contributed by atoms with Gasteiger partial charge in [-0.3, -0.25) is 9.59 Å². The minimum atomic E-state index is -0.259. The number of hydrogen-bond acceptors (Lipinski definition) is 9. The number of fused-ring (bicyclic) bond motifs is 1. The van der Waals surface area contributed by atoms with Gasteiger partial charge in [0, 0.05) is 35.6 Å². The molecule has 3 N–H and O–H groups in total. The molecule has 0 bridgehead atoms.